The van der Waals surface area contributed by atoms with Crippen LogP contribution in [-0.2, 0) is 11.3 Å². The van der Waals surface area contributed by atoms with E-state index in [1.165, 1.54) is 10.5 Å². The normalized spacial score (nSPS) is 10.4. The molecule has 138 valence electrons. The number of hydrogen-bond donors (Lipinski definition) is 2. The van der Waals surface area contributed by atoms with Crippen LogP contribution in [0.3, 0.4) is 0 Å². The van der Waals surface area contributed by atoms with Crippen molar-refractivity contribution in [3.05, 3.63) is 72.6 Å². The number of pyridine rings is 1. The van der Waals surface area contributed by atoms with Gasteiger partial charge in [0.05, 0.1) is 0 Å². The molecule has 0 bridgehead atoms. The Morgan fingerprint density at radius 1 is 1.22 bits per heavy atom. The van der Waals surface area contributed by atoms with Crippen LogP contribution in [0.25, 0.3) is 5.65 Å². The third kappa shape index (κ3) is 4.06. The van der Waals surface area contributed by atoms with Gasteiger partial charge in [0, 0.05) is 6.20 Å². The van der Waals surface area contributed by atoms with Crippen molar-refractivity contribution in [3.63, 3.8) is 0 Å². The number of rotatable bonds is 7. The van der Waals surface area contributed by atoms with Gasteiger partial charge in [-0.2, -0.15) is 0 Å². The van der Waals surface area contributed by atoms with Crippen LogP contribution in [0.1, 0.15) is 16.1 Å². The number of aromatic carboxylic acids is 1. The Kier molecular flexibility index (Phi) is 5.36. The van der Waals surface area contributed by atoms with Crippen LogP contribution >= 0.6 is 0 Å². The number of carboxylic acids is 1. The lowest BCUT2D eigenvalue weighted by atomic mass is 10.2. The summed E-state index contributed by atoms with van der Waals surface area (Å²) < 4.78 is 12.1. The molecule has 0 saturated carbocycles. The maximum absolute atomic E-state index is 11.8. The van der Waals surface area contributed by atoms with Crippen LogP contribution < -0.4 is 10.1 Å². The second-order valence-corrected chi connectivity index (χ2v) is 5.47. The highest BCUT2D eigenvalue weighted by Gasteiger charge is 2.22. The molecule has 0 radical (unpaired) electrons. The molecule has 1 amide bonds. The average Bonchev–Trinajstić information content (AvgIpc) is 3.05. The number of carboxylic acid groups (broad SMARTS) is 1. The van der Waals surface area contributed by atoms with Gasteiger partial charge in [-0.15, -0.1) is 0 Å². The Morgan fingerprint density at radius 3 is 2.70 bits per heavy atom. The molecule has 8 heteroatoms. The van der Waals surface area contributed by atoms with Crippen molar-refractivity contribution in [2.24, 2.45) is 0 Å². The minimum Gasteiger partial charge on any atom is -0.485 e. The minimum atomic E-state index is -1.29. The zero-order valence-corrected chi connectivity index (χ0v) is 14.3. The highest BCUT2D eigenvalue weighted by Crippen LogP contribution is 2.26. The van der Waals surface area contributed by atoms with E-state index in [1.807, 2.05) is 30.3 Å². The molecular formula is C19H17N3O5. The number of anilines is 1. The van der Waals surface area contributed by atoms with E-state index in [4.69, 9.17) is 9.47 Å². The van der Waals surface area contributed by atoms with E-state index in [0.29, 0.717) is 12.4 Å². The molecule has 3 aromatic rings. The van der Waals surface area contributed by atoms with Gasteiger partial charge in [-0.05, 0) is 17.7 Å². The van der Waals surface area contributed by atoms with E-state index in [0.717, 1.165) is 5.56 Å². The predicted molar refractivity (Wildman–Crippen MR) is 98.1 cm³/mol. The van der Waals surface area contributed by atoms with Crippen molar-refractivity contribution >= 4 is 23.5 Å². The maximum atomic E-state index is 11.8. The molecule has 0 unspecified atom stereocenters. The van der Waals surface area contributed by atoms with E-state index in [9.17, 15) is 14.7 Å². The second kappa shape index (κ2) is 8.05. The molecule has 2 N–H and O–H groups in total. The smallest absolute Gasteiger partial charge is 0.413 e. The van der Waals surface area contributed by atoms with Gasteiger partial charge >= 0.3 is 12.1 Å². The molecular weight excluding hydrogens is 350 g/mol. The standard InChI is InChI=1S/C19H17N3O5/c1-2-11-26-19(25)21-17-15(18(23)24)20-16-14(9-6-10-22(16)17)27-12-13-7-4-3-5-8-13/h2-10H,1,11-12H2,(H,21,25)(H,23,24). The molecule has 0 aliphatic heterocycles. The molecule has 1 aromatic carbocycles. The molecule has 2 aromatic heterocycles. The monoisotopic (exact) mass is 367 g/mol. The van der Waals surface area contributed by atoms with Crippen molar-refractivity contribution in [1.29, 1.82) is 0 Å². The van der Waals surface area contributed by atoms with E-state index in [-0.39, 0.29) is 23.8 Å². The number of amides is 1. The van der Waals surface area contributed by atoms with Crippen LogP contribution in [0.5, 0.6) is 5.75 Å². The van der Waals surface area contributed by atoms with Gasteiger partial charge in [0.15, 0.2) is 22.9 Å². The van der Waals surface area contributed by atoms with E-state index >= 15 is 0 Å². The van der Waals surface area contributed by atoms with Gasteiger partial charge in [-0.1, -0.05) is 43.0 Å². The van der Waals surface area contributed by atoms with E-state index in [1.54, 1.807) is 18.3 Å². The summed E-state index contributed by atoms with van der Waals surface area (Å²) in [4.78, 5) is 27.5. The first-order valence-electron chi connectivity index (χ1n) is 8.06. The first-order chi connectivity index (χ1) is 13.1. The minimum absolute atomic E-state index is 0.00356. The Bertz CT molecular complexity index is 982. The molecule has 0 aliphatic carbocycles. The number of aromatic nitrogens is 2. The van der Waals surface area contributed by atoms with Gasteiger partial charge in [0.25, 0.3) is 0 Å². The number of benzene rings is 1. The molecule has 0 spiro atoms. The van der Waals surface area contributed by atoms with E-state index < -0.39 is 12.1 Å². The van der Waals surface area contributed by atoms with Crippen molar-refractivity contribution in [3.8, 4) is 5.75 Å². The summed E-state index contributed by atoms with van der Waals surface area (Å²) in [5, 5.41) is 11.8. The fraction of sp³-hybridized carbons (Fsp3) is 0.105. The van der Waals surface area contributed by atoms with Crippen molar-refractivity contribution in [1.82, 2.24) is 9.38 Å². The third-order valence-corrected chi connectivity index (χ3v) is 3.61. The Balaban J connectivity index is 1.93. The van der Waals surface area contributed by atoms with Crippen LogP contribution in [0.2, 0.25) is 0 Å². The number of nitrogens with zero attached hydrogens (tertiary/aromatic N) is 2. The SMILES string of the molecule is C=CCOC(=O)Nc1c(C(=O)O)nc2c(OCc3ccccc3)cccn12. The Labute approximate surface area is 154 Å². The first kappa shape index (κ1) is 18.0. The van der Waals surface area contributed by atoms with Crippen molar-refractivity contribution in [2.75, 3.05) is 11.9 Å². The second-order valence-electron chi connectivity index (χ2n) is 5.47. The summed E-state index contributed by atoms with van der Waals surface area (Å²) in [6.45, 7) is 3.74. The van der Waals surface area contributed by atoms with Crippen LogP contribution in [0.15, 0.2) is 61.3 Å². The third-order valence-electron chi connectivity index (χ3n) is 3.61. The van der Waals surface area contributed by atoms with Gasteiger partial charge in [-0.3, -0.25) is 9.72 Å². The molecule has 3 rings (SSSR count). The lowest BCUT2D eigenvalue weighted by molar-refractivity contribution is 0.0692. The number of fused-ring (bicyclic) bond motifs is 1. The number of nitrogens with one attached hydrogen (secondary N) is 1. The number of hydrogen-bond acceptors (Lipinski definition) is 5. The fourth-order valence-corrected chi connectivity index (χ4v) is 2.43. The topological polar surface area (TPSA) is 102 Å². The number of carbonyl (C=O) groups is 2. The summed E-state index contributed by atoms with van der Waals surface area (Å²) in [7, 11) is 0. The Morgan fingerprint density at radius 2 is 2.00 bits per heavy atom. The molecule has 0 atom stereocenters. The molecule has 27 heavy (non-hydrogen) atoms. The average molecular weight is 367 g/mol. The zero-order chi connectivity index (χ0) is 19.2. The summed E-state index contributed by atoms with van der Waals surface area (Å²) in [5.41, 5.74) is 0.905. The van der Waals surface area contributed by atoms with Crippen LogP contribution in [0, 0.1) is 0 Å². The summed E-state index contributed by atoms with van der Waals surface area (Å²) in [6.07, 6.45) is 2.17. The molecule has 0 aliphatic rings. The van der Waals surface area contributed by atoms with Crippen LogP contribution in [0.4, 0.5) is 10.6 Å². The van der Waals surface area contributed by atoms with Gasteiger partial charge < -0.3 is 14.6 Å². The quantitative estimate of drug-likeness (QED) is 0.621. The highest BCUT2D eigenvalue weighted by molar-refractivity contribution is 5.97. The maximum Gasteiger partial charge on any atom is 0.413 e. The van der Waals surface area contributed by atoms with Crippen molar-refractivity contribution < 1.29 is 24.2 Å². The summed E-state index contributed by atoms with van der Waals surface area (Å²) in [6, 6.07) is 12.9. The number of imidazole rings is 1. The first-order valence-corrected chi connectivity index (χ1v) is 8.06. The fourth-order valence-electron chi connectivity index (χ4n) is 2.43. The molecule has 8 nitrogen and oxygen atoms in total. The number of carbonyl (C=O) groups excluding carboxylic acids is 1. The largest absolute Gasteiger partial charge is 0.485 e. The van der Waals surface area contributed by atoms with Crippen LogP contribution in [-0.4, -0.2) is 33.2 Å². The highest BCUT2D eigenvalue weighted by atomic mass is 16.5. The predicted octanol–water partition coefficient (Wildman–Crippen LogP) is 3.35. The molecule has 0 saturated heterocycles. The molecule has 2 heterocycles. The number of ether oxygens (including phenoxy) is 2. The van der Waals surface area contributed by atoms with Crippen molar-refractivity contribution in [2.45, 2.75) is 6.61 Å². The van der Waals surface area contributed by atoms with Gasteiger partial charge in [0.2, 0.25) is 0 Å². The summed E-state index contributed by atoms with van der Waals surface area (Å²) >= 11 is 0. The van der Waals surface area contributed by atoms with Gasteiger partial charge in [0.1, 0.15) is 13.2 Å². The molecule has 0 fully saturated rings. The lowest BCUT2D eigenvalue weighted by Gasteiger charge is -2.09. The van der Waals surface area contributed by atoms with Gasteiger partial charge in [-0.25, -0.2) is 14.6 Å². The Hall–Kier alpha value is -3.81. The summed E-state index contributed by atoms with van der Waals surface area (Å²) in [5.74, 6) is -0.917. The van der Waals surface area contributed by atoms with E-state index in [2.05, 4.69) is 16.9 Å². The zero-order valence-electron chi connectivity index (χ0n) is 14.3. The lowest BCUT2D eigenvalue weighted by Crippen LogP contribution is -2.17.